The van der Waals surface area contributed by atoms with Crippen LogP contribution in [-0.4, -0.2) is 60.3 Å². The molecule has 4 nitrogen and oxygen atoms in total. The van der Waals surface area contributed by atoms with E-state index in [1.54, 1.807) is 0 Å². The van der Waals surface area contributed by atoms with Crippen LogP contribution in [0.5, 0.6) is 0 Å². The number of aromatic amines is 1. The summed E-state index contributed by atoms with van der Waals surface area (Å²) in [5.74, 6) is 0.191. The number of H-pyrrole nitrogens is 1. The Kier molecular flexibility index (Phi) is 4.36. The van der Waals surface area contributed by atoms with Crippen molar-refractivity contribution in [3.05, 3.63) is 36.0 Å². The molecule has 1 aliphatic rings. The van der Waals surface area contributed by atoms with Crippen LogP contribution in [0.25, 0.3) is 10.9 Å². The Labute approximate surface area is 125 Å². The van der Waals surface area contributed by atoms with E-state index in [4.69, 9.17) is 0 Å². The van der Waals surface area contributed by atoms with Gasteiger partial charge in [0.2, 0.25) is 0 Å². The number of fused-ring (bicyclic) bond motifs is 1. The van der Waals surface area contributed by atoms with Gasteiger partial charge in [-0.3, -0.25) is 9.69 Å². The number of hydrogen-bond donors (Lipinski definition) is 1. The SMILES string of the molecule is CN(CCN1CCCC1)CC(=O)c1c[nH]c2ccccc12. The molecule has 0 amide bonds. The number of aromatic nitrogens is 1. The van der Waals surface area contributed by atoms with Crippen molar-refractivity contribution in [1.29, 1.82) is 0 Å². The van der Waals surface area contributed by atoms with E-state index >= 15 is 0 Å². The number of ketones is 1. The number of benzene rings is 1. The summed E-state index contributed by atoms with van der Waals surface area (Å²) in [6.07, 6.45) is 4.47. The standard InChI is InChI=1S/C17H23N3O/c1-19(10-11-20-8-4-5-9-20)13-17(21)15-12-18-16-7-3-2-6-14(15)16/h2-3,6-7,12,18H,4-5,8-11,13H2,1H3. The van der Waals surface area contributed by atoms with Gasteiger partial charge < -0.3 is 9.88 Å². The third-order valence-electron chi connectivity index (χ3n) is 4.30. The van der Waals surface area contributed by atoms with Gasteiger partial charge in [-0.15, -0.1) is 0 Å². The first-order valence-electron chi connectivity index (χ1n) is 7.74. The highest BCUT2D eigenvalue weighted by Gasteiger charge is 2.15. The number of likely N-dealkylation sites (N-methyl/N-ethyl adjacent to an activating group) is 1. The highest BCUT2D eigenvalue weighted by molar-refractivity contribution is 6.08. The second kappa shape index (κ2) is 6.41. The van der Waals surface area contributed by atoms with Gasteiger partial charge in [0.15, 0.2) is 5.78 Å². The molecule has 0 radical (unpaired) electrons. The van der Waals surface area contributed by atoms with Gasteiger partial charge in [-0.05, 0) is 39.0 Å². The van der Waals surface area contributed by atoms with E-state index < -0.39 is 0 Å². The van der Waals surface area contributed by atoms with E-state index in [0.717, 1.165) is 29.6 Å². The minimum Gasteiger partial charge on any atom is -0.360 e. The summed E-state index contributed by atoms with van der Waals surface area (Å²) in [4.78, 5) is 20.2. The van der Waals surface area contributed by atoms with Gasteiger partial charge in [0, 0.05) is 35.8 Å². The average molecular weight is 285 g/mol. The number of para-hydroxylation sites is 1. The maximum atomic E-state index is 12.5. The van der Waals surface area contributed by atoms with Gasteiger partial charge in [-0.2, -0.15) is 0 Å². The number of Topliss-reactive ketones (excluding diaryl/α,β-unsaturated/α-hetero) is 1. The smallest absolute Gasteiger partial charge is 0.178 e. The van der Waals surface area contributed by atoms with Crippen LogP contribution in [0, 0.1) is 0 Å². The third kappa shape index (κ3) is 3.34. The summed E-state index contributed by atoms with van der Waals surface area (Å²) >= 11 is 0. The Morgan fingerprint density at radius 3 is 2.86 bits per heavy atom. The summed E-state index contributed by atoms with van der Waals surface area (Å²) in [5.41, 5.74) is 1.83. The fourth-order valence-corrected chi connectivity index (χ4v) is 3.03. The zero-order chi connectivity index (χ0) is 14.7. The van der Waals surface area contributed by atoms with Crippen LogP contribution in [0.3, 0.4) is 0 Å². The molecule has 1 aromatic carbocycles. The number of carbonyl (C=O) groups excluding carboxylic acids is 1. The first-order chi connectivity index (χ1) is 10.2. The fourth-order valence-electron chi connectivity index (χ4n) is 3.03. The van der Waals surface area contributed by atoms with Crippen LogP contribution < -0.4 is 0 Å². The molecule has 0 spiro atoms. The van der Waals surface area contributed by atoms with Gasteiger partial charge in [0.05, 0.1) is 6.54 Å². The predicted octanol–water partition coefficient (Wildman–Crippen LogP) is 2.38. The Bertz CT molecular complexity index is 613. The molecule has 2 aromatic rings. The molecule has 0 unspecified atom stereocenters. The third-order valence-corrected chi connectivity index (χ3v) is 4.30. The van der Waals surface area contributed by atoms with Gasteiger partial charge in [-0.25, -0.2) is 0 Å². The quantitative estimate of drug-likeness (QED) is 0.828. The van der Waals surface area contributed by atoms with E-state index in [1.807, 2.05) is 37.5 Å². The molecule has 112 valence electrons. The van der Waals surface area contributed by atoms with E-state index in [1.165, 1.54) is 25.9 Å². The van der Waals surface area contributed by atoms with Gasteiger partial charge >= 0.3 is 0 Å². The molecule has 1 N–H and O–H groups in total. The van der Waals surface area contributed by atoms with Gasteiger partial charge in [-0.1, -0.05) is 18.2 Å². The normalized spacial score (nSPS) is 16.1. The summed E-state index contributed by atoms with van der Waals surface area (Å²) in [6.45, 7) is 4.93. The molecular weight excluding hydrogens is 262 g/mol. The first-order valence-corrected chi connectivity index (χ1v) is 7.74. The zero-order valence-electron chi connectivity index (χ0n) is 12.6. The lowest BCUT2D eigenvalue weighted by Gasteiger charge is -2.20. The van der Waals surface area contributed by atoms with E-state index in [0.29, 0.717) is 6.54 Å². The van der Waals surface area contributed by atoms with Crippen molar-refractivity contribution in [1.82, 2.24) is 14.8 Å². The van der Waals surface area contributed by atoms with Crippen molar-refractivity contribution in [3.63, 3.8) is 0 Å². The Balaban J connectivity index is 1.57. The largest absolute Gasteiger partial charge is 0.360 e. The van der Waals surface area contributed by atoms with Crippen LogP contribution in [0.2, 0.25) is 0 Å². The Hall–Kier alpha value is -1.65. The van der Waals surface area contributed by atoms with Crippen LogP contribution in [0.1, 0.15) is 23.2 Å². The zero-order valence-corrected chi connectivity index (χ0v) is 12.6. The monoisotopic (exact) mass is 285 g/mol. The summed E-state index contributed by atoms with van der Waals surface area (Å²) < 4.78 is 0. The van der Waals surface area contributed by atoms with E-state index in [2.05, 4.69) is 14.8 Å². The number of rotatable bonds is 6. The van der Waals surface area contributed by atoms with E-state index in [9.17, 15) is 4.79 Å². The lowest BCUT2D eigenvalue weighted by molar-refractivity contribution is 0.0943. The molecule has 0 aliphatic carbocycles. The molecule has 1 fully saturated rings. The van der Waals surface area contributed by atoms with Crippen molar-refractivity contribution in [3.8, 4) is 0 Å². The van der Waals surface area contributed by atoms with Gasteiger partial charge in [0.25, 0.3) is 0 Å². The number of likely N-dealkylation sites (tertiary alicyclic amines) is 1. The molecule has 1 aliphatic heterocycles. The predicted molar refractivity (Wildman–Crippen MR) is 85.8 cm³/mol. The Morgan fingerprint density at radius 1 is 1.29 bits per heavy atom. The van der Waals surface area contributed by atoms with Crippen molar-refractivity contribution < 1.29 is 4.79 Å². The second-order valence-electron chi connectivity index (χ2n) is 5.96. The molecule has 0 atom stereocenters. The molecular formula is C17H23N3O. The van der Waals surface area contributed by atoms with Crippen LogP contribution in [0.15, 0.2) is 30.5 Å². The molecule has 4 heteroatoms. The number of hydrogen-bond acceptors (Lipinski definition) is 3. The van der Waals surface area contributed by atoms with Crippen LogP contribution in [0.4, 0.5) is 0 Å². The first kappa shape index (κ1) is 14.3. The Morgan fingerprint density at radius 2 is 2.05 bits per heavy atom. The van der Waals surface area contributed by atoms with Crippen LogP contribution >= 0.6 is 0 Å². The summed E-state index contributed by atoms with van der Waals surface area (Å²) in [7, 11) is 2.03. The van der Waals surface area contributed by atoms with Crippen molar-refractivity contribution in [2.45, 2.75) is 12.8 Å². The minimum atomic E-state index is 0.191. The van der Waals surface area contributed by atoms with Crippen LogP contribution in [-0.2, 0) is 0 Å². The topological polar surface area (TPSA) is 39.3 Å². The number of nitrogens with zero attached hydrogens (tertiary/aromatic N) is 2. The summed E-state index contributed by atoms with van der Waals surface area (Å²) in [6, 6.07) is 7.96. The number of carbonyl (C=O) groups is 1. The average Bonchev–Trinajstić information content (AvgIpc) is 3.14. The second-order valence-corrected chi connectivity index (χ2v) is 5.96. The fraction of sp³-hybridized carbons (Fsp3) is 0.471. The molecule has 1 aromatic heterocycles. The lowest BCUT2D eigenvalue weighted by atomic mass is 10.1. The molecule has 21 heavy (non-hydrogen) atoms. The van der Waals surface area contributed by atoms with Crippen molar-refractivity contribution >= 4 is 16.7 Å². The molecule has 1 saturated heterocycles. The van der Waals surface area contributed by atoms with Crippen molar-refractivity contribution in [2.24, 2.45) is 0 Å². The maximum absolute atomic E-state index is 12.5. The lowest BCUT2D eigenvalue weighted by Crippen LogP contribution is -2.34. The molecule has 3 rings (SSSR count). The number of nitrogens with one attached hydrogen (secondary N) is 1. The summed E-state index contributed by atoms with van der Waals surface area (Å²) in [5, 5.41) is 1.02. The minimum absolute atomic E-state index is 0.191. The highest BCUT2D eigenvalue weighted by Crippen LogP contribution is 2.18. The van der Waals surface area contributed by atoms with E-state index in [-0.39, 0.29) is 5.78 Å². The molecule has 0 saturated carbocycles. The van der Waals surface area contributed by atoms with Gasteiger partial charge in [0.1, 0.15) is 0 Å². The molecule has 2 heterocycles. The highest BCUT2D eigenvalue weighted by atomic mass is 16.1. The van der Waals surface area contributed by atoms with Crippen molar-refractivity contribution in [2.75, 3.05) is 39.8 Å². The maximum Gasteiger partial charge on any atom is 0.178 e. The molecule has 0 bridgehead atoms.